The molecule has 0 aliphatic rings. The zero-order valence-electron chi connectivity index (χ0n) is 70.5. The SMILES string of the molecule is C.C.C.C.C.C.C.C.C.C.C.C.C.C.C.C.C.C.C.C.C.C.C.C.C.C.C.C.C.C.C.C.C.C.C.C.C.C.C.C.C.COCOC.COCOC.COCOC.COCOC.COCOC.COCOC.COCOC.COCOC.COCOC.COCOC.COCOC.COCOC.COCOC.COCOC.COCOC.COCOC.COCOC.COCOC.COCOC.COCOC. The van der Waals surface area contributed by atoms with Crippen LogP contribution in [0.25, 0.3) is 0 Å². The number of rotatable bonds is 40. The van der Waals surface area contributed by atoms with Crippen LogP contribution in [0.1, 0.15) is 304 Å². The summed E-state index contributed by atoms with van der Waals surface area (Å²) < 4.78 is 179. The minimum absolute atomic E-state index is 0. The first kappa shape index (κ1) is 434. The van der Waals surface area contributed by atoms with E-state index in [4.69, 9.17) is 0 Å². The van der Waals surface area contributed by atoms with Gasteiger partial charge in [0, 0.05) is 284 Å². The summed E-state index contributed by atoms with van der Waals surface area (Å²) in [6.45, 7) is 7.78. The lowest BCUT2D eigenvalue weighted by atomic mass is 11.4. The van der Waals surface area contributed by atoms with Crippen LogP contribution in [0.5, 0.6) is 0 Å². The highest BCUT2D eigenvalue weighted by Gasteiger charge is 1.72. The second kappa shape index (κ2) is 766. The van der Waals surface area contributed by atoms with Gasteiger partial charge in [-0.15, -0.1) is 0 Å². The molecule has 0 saturated carbocycles. The van der Waals surface area contributed by atoms with Gasteiger partial charge in [-0.3, -0.25) is 0 Å². The molecule has 0 heterocycles. The number of hydrogen-bond donors (Lipinski definition) is 0. The van der Waals surface area contributed by atoms with E-state index in [0.717, 1.165) is 0 Å². The molecule has 0 aliphatic carbocycles. The molecular formula is C101H324O40. The zero-order chi connectivity index (χ0) is 82.4. The minimum Gasteiger partial charge on any atom is -0.359 e. The third kappa shape index (κ3) is 1750. The zero-order valence-corrected chi connectivity index (χ0v) is 70.5. The van der Waals surface area contributed by atoms with Crippen LogP contribution in [-0.2, 0) is 189 Å². The predicted molar refractivity (Wildman–Crippen MR) is 654 cm³/mol. The average Bonchev–Trinajstić information content (AvgIpc) is 3.69. The van der Waals surface area contributed by atoms with Gasteiger partial charge in [-0.2, -0.15) is 0 Å². The highest BCUT2D eigenvalue weighted by molar-refractivity contribution is 3.93. The van der Waals surface area contributed by atoms with Crippen molar-refractivity contribution in [2.75, 3.05) is 420 Å². The Bertz CT molecular complexity index is 531. The molecule has 0 spiro atoms. The van der Waals surface area contributed by atoms with E-state index >= 15 is 0 Å². The van der Waals surface area contributed by atoms with Crippen LogP contribution in [0.3, 0.4) is 0 Å². The molecule has 0 aliphatic heterocycles. The van der Waals surface area contributed by atoms with E-state index in [2.05, 4.69) is 189 Å². The maximum atomic E-state index is 4.47. The first-order valence-electron chi connectivity index (χ1n) is 27.9. The van der Waals surface area contributed by atoms with Gasteiger partial charge in [-0.05, 0) is 0 Å². The Balaban J connectivity index is -0.00000000798. The lowest BCUT2D eigenvalue weighted by Gasteiger charge is -1.87. The van der Waals surface area contributed by atoms with Crippen molar-refractivity contribution in [3.8, 4) is 0 Å². The molecule has 0 rings (SSSR count). The van der Waals surface area contributed by atoms with Crippen molar-refractivity contribution in [1.29, 1.82) is 0 Å². The van der Waals surface area contributed by atoms with E-state index in [1.54, 1.807) is 284 Å². The summed E-state index contributed by atoms with van der Waals surface area (Å²) in [4.78, 5) is 0. The third-order valence-electron chi connectivity index (χ3n) is 4.71. The van der Waals surface area contributed by atoms with Crippen molar-refractivity contribution in [2.45, 2.75) is 304 Å². The Kier molecular flexibility index (Phi) is 2360. The molecule has 968 valence electrons. The highest BCUT2D eigenvalue weighted by atomic mass is 16.7. The van der Waals surface area contributed by atoms with Gasteiger partial charge in [0.25, 0.3) is 0 Å². The van der Waals surface area contributed by atoms with Crippen LogP contribution >= 0.6 is 0 Å². The normalized spacial score (nSPS) is 5.96. The van der Waals surface area contributed by atoms with Crippen LogP contribution in [0.15, 0.2) is 0 Å². The summed E-state index contributed by atoms with van der Waals surface area (Å²) in [5.41, 5.74) is 0. The maximum absolute atomic E-state index is 4.47. The summed E-state index contributed by atoms with van der Waals surface area (Å²) >= 11 is 0. The van der Waals surface area contributed by atoms with Crippen molar-refractivity contribution in [2.24, 2.45) is 0 Å². The highest BCUT2D eigenvalue weighted by Crippen LogP contribution is 1.69. The van der Waals surface area contributed by atoms with E-state index < -0.39 is 0 Å². The molecule has 0 saturated heterocycles. The van der Waals surface area contributed by atoms with E-state index in [1.807, 2.05) is 0 Å². The topological polar surface area (TPSA) is 369 Å². The first-order chi connectivity index (χ1) is 48.3. The Labute approximate surface area is 910 Å². The van der Waals surface area contributed by atoms with Gasteiger partial charge in [0.1, 0.15) is 136 Å². The smallest absolute Gasteiger partial charge is 0.145 e. The lowest BCUT2D eigenvalue weighted by Crippen LogP contribution is -1.87. The average molecular weight is 2180 g/mol. The van der Waals surface area contributed by atoms with E-state index in [-0.39, 0.29) is 304 Å². The molecule has 0 atom stereocenters. The summed E-state index contributed by atoms with van der Waals surface area (Å²) in [5, 5.41) is 0. The van der Waals surface area contributed by atoms with Gasteiger partial charge in [0.15, 0.2) is 0 Å². The van der Waals surface area contributed by atoms with Gasteiger partial charge in [-0.25, -0.2) is 0 Å². The molecule has 0 aromatic rings. The molecule has 0 amide bonds. The van der Waals surface area contributed by atoms with Crippen molar-refractivity contribution in [3.05, 3.63) is 0 Å². The maximum Gasteiger partial charge on any atom is 0.145 e. The molecule has 40 nitrogen and oxygen atoms in total. The van der Waals surface area contributed by atoms with Crippen molar-refractivity contribution in [3.63, 3.8) is 0 Å². The van der Waals surface area contributed by atoms with Gasteiger partial charge in [0.2, 0.25) is 0 Å². The Morgan fingerprint density at radius 3 is 0.0638 bits per heavy atom. The van der Waals surface area contributed by atoms with E-state index in [0.29, 0.717) is 136 Å². The van der Waals surface area contributed by atoms with Crippen LogP contribution in [0.2, 0.25) is 0 Å². The second-order valence-electron chi connectivity index (χ2n) is 13.9. The molecule has 0 bridgehead atoms. The van der Waals surface area contributed by atoms with E-state index in [1.165, 1.54) is 0 Å². The van der Waals surface area contributed by atoms with Crippen LogP contribution in [0.4, 0.5) is 0 Å². The van der Waals surface area contributed by atoms with Gasteiger partial charge in [0.05, 0.1) is 0 Å². The van der Waals surface area contributed by atoms with Gasteiger partial charge in [-0.1, -0.05) is 304 Å². The van der Waals surface area contributed by atoms with Gasteiger partial charge >= 0.3 is 0 Å². The van der Waals surface area contributed by atoms with Crippen molar-refractivity contribution < 1.29 is 189 Å². The summed E-state index contributed by atoms with van der Waals surface area (Å²) in [6.07, 6.45) is 0. The number of methoxy groups -OCH3 is 40. The molecule has 0 radical (unpaired) electrons. The standard InChI is InChI=1S/20C3H8O2.41CH4/c20*1-4-3-5-2;;;;;;;;;;;;;;;;;;;;;;;;;;;;;;;;;;;;;;;;;/h20*3H2,1-2H3;41*1H4. The number of hydrogen-bond acceptors (Lipinski definition) is 40. The summed E-state index contributed by atoms with van der Waals surface area (Å²) in [5.74, 6) is 0. The predicted octanol–water partition coefficient (Wildman–Crippen LogP) is 30.8. The molecule has 40 heteroatoms. The van der Waals surface area contributed by atoms with Crippen LogP contribution in [0, 0.1) is 0 Å². The van der Waals surface area contributed by atoms with Crippen molar-refractivity contribution >= 4 is 0 Å². The summed E-state index contributed by atoms with van der Waals surface area (Å²) in [7, 11) is 63.5. The molecule has 141 heavy (non-hydrogen) atoms. The Hall–Kier alpha value is -1.60. The molecule has 0 fully saturated rings. The van der Waals surface area contributed by atoms with Crippen LogP contribution < -0.4 is 0 Å². The molecule has 0 N–H and O–H groups in total. The Morgan fingerprint density at radius 1 is 0.0496 bits per heavy atom. The number of ether oxygens (including phenoxy) is 40. The monoisotopic (exact) mass is 2180 g/mol. The Morgan fingerprint density at radius 2 is 0.0638 bits per heavy atom. The fourth-order valence-electron chi connectivity index (χ4n) is 2.36. The van der Waals surface area contributed by atoms with Crippen molar-refractivity contribution in [1.82, 2.24) is 0 Å². The van der Waals surface area contributed by atoms with E-state index in [9.17, 15) is 0 Å². The molecule has 0 aromatic heterocycles. The summed E-state index contributed by atoms with van der Waals surface area (Å²) in [6, 6.07) is 0. The van der Waals surface area contributed by atoms with Gasteiger partial charge < -0.3 is 189 Å². The molecular weight excluding hydrogens is 1850 g/mol. The second-order valence-corrected chi connectivity index (χ2v) is 13.9. The fourth-order valence-corrected chi connectivity index (χ4v) is 2.36. The third-order valence-corrected chi connectivity index (χ3v) is 4.71. The minimum atomic E-state index is 0. The largest absolute Gasteiger partial charge is 0.359 e. The molecule has 0 unspecified atom stereocenters. The fraction of sp³-hybridized carbons (Fsp3) is 1.00. The quantitative estimate of drug-likeness (QED) is 0.0514. The van der Waals surface area contributed by atoms with Crippen LogP contribution in [-0.4, -0.2) is 420 Å². The molecule has 0 aromatic carbocycles. The lowest BCUT2D eigenvalue weighted by molar-refractivity contribution is -0.00282. The first-order valence-corrected chi connectivity index (χ1v) is 27.9.